The van der Waals surface area contributed by atoms with Gasteiger partial charge in [-0.1, -0.05) is 23.9 Å². The Labute approximate surface area is 138 Å². The van der Waals surface area contributed by atoms with E-state index in [4.69, 9.17) is 4.74 Å². The first-order valence-electron chi connectivity index (χ1n) is 7.72. The maximum absolute atomic E-state index is 12.2. The number of fused-ring (bicyclic) bond motifs is 1. The molecule has 0 radical (unpaired) electrons. The lowest BCUT2D eigenvalue weighted by molar-refractivity contribution is 0.0919. The Bertz CT molecular complexity index is 702. The zero-order valence-electron chi connectivity index (χ0n) is 12.9. The Morgan fingerprint density at radius 2 is 2.39 bits per heavy atom. The molecule has 23 heavy (non-hydrogen) atoms. The van der Waals surface area contributed by atoms with Crippen molar-refractivity contribution in [3.63, 3.8) is 0 Å². The summed E-state index contributed by atoms with van der Waals surface area (Å²) in [6.07, 6.45) is 1.74. The normalized spacial score (nSPS) is 14.2. The quantitative estimate of drug-likeness (QED) is 0.843. The molecule has 1 aliphatic heterocycles. The second-order valence-corrected chi connectivity index (χ2v) is 6.24. The average Bonchev–Trinajstić information content (AvgIpc) is 3.20. The predicted octanol–water partition coefficient (Wildman–Crippen LogP) is 1.89. The van der Waals surface area contributed by atoms with E-state index in [9.17, 15) is 9.90 Å². The van der Waals surface area contributed by atoms with E-state index in [1.54, 1.807) is 0 Å². The van der Waals surface area contributed by atoms with Gasteiger partial charge in [-0.2, -0.15) is 0 Å². The molecule has 1 amide bonds. The van der Waals surface area contributed by atoms with Gasteiger partial charge in [-0.3, -0.25) is 4.79 Å². The number of rotatable bonds is 6. The zero-order chi connectivity index (χ0) is 16.2. The SMILES string of the molecule is CCCc1nnsc1C(=O)NCC(O)c1ccc2c(c1)CCO2. The van der Waals surface area contributed by atoms with Gasteiger partial charge < -0.3 is 15.2 Å². The van der Waals surface area contributed by atoms with Gasteiger partial charge in [-0.15, -0.1) is 5.10 Å². The van der Waals surface area contributed by atoms with Gasteiger partial charge in [0.15, 0.2) is 0 Å². The second kappa shape index (κ2) is 7.06. The molecule has 2 heterocycles. The summed E-state index contributed by atoms with van der Waals surface area (Å²) in [5.74, 6) is 0.650. The van der Waals surface area contributed by atoms with Gasteiger partial charge in [0.25, 0.3) is 5.91 Å². The van der Waals surface area contributed by atoms with Crippen molar-refractivity contribution in [2.45, 2.75) is 32.3 Å². The number of hydrogen-bond acceptors (Lipinski definition) is 6. The minimum absolute atomic E-state index is 0.155. The van der Waals surface area contributed by atoms with E-state index in [1.807, 2.05) is 25.1 Å². The van der Waals surface area contributed by atoms with Crippen LogP contribution in [0.15, 0.2) is 18.2 Å². The Hall–Kier alpha value is -1.99. The number of benzene rings is 1. The van der Waals surface area contributed by atoms with Crippen LogP contribution in [0.1, 0.15) is 45.9 Å². The van der Waals surface area contributed by atoms with E-state index in [-0.39, 0.29) is 12.5 Å². The standard InChI is InChI=1S/C16H19N3O3S/c1-2-3-12-15(23-19-18-12)16(21)17-9-13(20)10-4-5-14-11(8-10)6-7-22-14/h4-5,8,13,20H,2-3,6-7,9H2,1H3,(H,17,21). The summed E-state index contributed by atoms with van der Waals surface area (Å²) in [6.45, 7) is 2.87. The largest absolute Gasteiger partial charge is 0.493 e. The Kier molecular flexibility index (Phi) is 4.88. The van der Waals surface area contributed by atoms with Crippen LogP contribution in [0.5, 0.6) is 5.75 Å². The lowest BCUT2D eigenvalue weighted by Crippen LogP contribution is -2.28. The molecule has 1 aromatic carbocycles. The summed E-state index contributed by atoms with van der Waals surface area (Å²) in [5, 5.41) is 17.0. The van der Waals surface area contributed by atoms with Crippen LogP contribution in [0.2, 0.25) is 0 Å². The number of carbonyl (C=O) groups is 1. The number of amides is 1. The van der Waals surface area contributed by atoms with Crippen molar-refractivity contribution in [2.75, 3.05) is 13.2 Å². The second-order valence-electron chi connectivity index (χ2n) is 5.49. The minimum Gasteiger partial charge on any atom is -0.493 e. The third-order valence-electron chi connectivity index (χ3n) is 3.80. The van der Waals surface area contributed by atoms with Crippen molar-refractivity contribution in [2.24, 2.45) is 0 Å². The van der Waals surface area contributed by atoms with Crippen LogP contribution < -0.4 is 10.1 Å². The van der Waals surface area contributed by atoms with E-state index < -0.39 is 6.10 Å². The molecule has 0 bridgehead atoms. The highest BCUT2D eigenvalue weighted by Crippen LogP contribution is 2.28. The molecule has 0 saturated heterocycles. The Morgan fingerprint density at radius 3 is 3.22 bits per heavy atom. The van der Waals surface area contributed by atoms with E-state index in [0.29, 0.717) is 11.5 Å². The number of nitrogens with zero attached hydrogens (tertiary/aromatic N) is 2. The zero-order valence-corrected chi connectivity index (χ0v) is 13.7. The van der Waals surface area contributed by atoms with Crippen LogP contribution in [-0.2, 0) is 12.8 Å². The van der Waals surface area contributed by atoms with Crippen LogP contribution in [-0.4, -0.2) is 33.8 Å². The summed E-state index contributed by atoms with van der Waals surface area (Å²) in [4.78, 5) is 12.7. The molecule has 1 aliphatic rings. The number of aromatic nitrogens is 2. The number of aliphatic hydroxyl groups excluding tert-OH is 1. The van der Waals surface area contributed by atoms with Gasteiger partial charge in [0, 0.05) is 13.0 Å². The van der Waals surface area contributed by atoms with Crippen molar-refractivity contribution in [1.29, 1.82) is 0 Å². The minimum atomic E-state index is -0.750. The summed E-state index contributed by atoms with van der Waals surface area (Å²) in [6, 6.07) is 5.64. The topological polar surface area (TPSA) is 84.3 Å². The summed E-state index contributed by atoms with van der Waals surface area (Å²) in [5.41, 5.74) is 2.61. The highest BCUT2D eigenvalue weighted by atomic mass is 32.1. The van der Waals surface area contributed by atoms with Crippen LogP contribution in [0.3, 0.4) is 0 Å². The van der Waals surface area contributed by atoms with Gasteiger partial charge in [-0.25, -0.2) is 0 Å². The van der Waals surface area contributed by atoms with Crippen molar-refractivity contribution >= 4 is 17.4 Å². The van der Waals surface area contributed by atoms with Crippen molar-refractivity contribution in [3.8, 4) is 5.75 Å². The average molecular weight is 333 g/mol. The van der Waals surface area contributed by atoms with E-state index in [0.717, 1.165) is 53.4 Å². The van der Waals surface area contributed by atoms with E-state index >= 15 is 0 Å². The fourth-order valence-electron chi connectivity index (χ4n) is 2.58. The molecule has 1 unspecified atom stereocenters. The number of hydrogen-bond donors (Lipinski definition) is 2. The molecule has 0 fully saturated rings. The molecule has 122 valence electrons. The third-order valence-corrected chi connectivity index (χ3v) is 4.57. The molecule has 3 rings (SSSR count). The highest BCUT2D eigenvalue weighted by Gasteiger charge is 2.19. The molecule has 0 aliphatic carbocycles. The Balaban J connectivity index is 1.61. The summed E-state index contributed by atoms with van der Waals surface area (Å²) >= 11 is 1.09. The number of aryl methyl sites for hydroxylation is 1. The Morgan fingerprint density at radius 1 is 1.52 bits per heavy atom. The first-order valence-corrected chi connectivity index (χ1v) is 8.49. The highest BCUT2D eigenvalue weighted by molar-refractivity contribution is 7.08. The first-order chi connectivity index (χ1) is 11.2. The molecule has 6 nitrogen and oxygen atoms in total. The van der Waals surface area contributed by atoms with Crippen LogP contribution >= 0.6 is 11.5 Å². The van der Waals surface area contributed by atoms with Gasteiger partial charge in [-0.05, 0) is 41.2 Å². The molecule has 0 saturated carbocycles. The number of carbonyl (C=O) groups excluding carboxylic acids is 1. The number of nitrogens with one attached hydrogen (secondary N) is 1. The van der Waals surface area contributed by atoms with E-state index in [1.165, 1.54) is 0 Å². The lowest BCUT2D eigenvalue weighted by atomic mass is 10.0. The van der Waals surface area contributed by atoms with Crippen LogP contribution in [0.4, 0.5) is 0 Å². The van der Waals surface area contributed by atoms with Crippen molar-refractivity contribution in [1.82, 2.24) is 14.9 Å². The van der Waals surface area contributed by atoms with Gasteiger partial charge >= 0.3 is 0 Å². The fourth-order valence-corrected chi connectivity index (χ4v) is 3.21. The predicted molar refractivity (Wildman–Crippen MR) is 86.8 cm³/mol. The maximum atomic E-state index is 12.2. The fraction of sp³-hybridized carbons (Fsp3) is 0.438. The molecule has 2 aromatic rings. The third kappa shape index (κ3) is 3.51. The maximum Gasteiger partial charge on any atom is 0.265 e. The molecule has 2 N–H and O–H groups in total. The van der Waals surface area contributed by atoms with Crippen LogP contribution in [0, 0.1) is 0 Å². The number of aliphatic hydroxyl groups is 1. The molecule has 0 spiro atoms. The van der Waals surface area contributed by atoms with Crippen molar-refractivity contribution in [3.05, 3.63) is 39.9 Å². The smallest absolute Gasteiger partial charge is 0.265 e. The summed E-state index contributed by atoms with van der Waals surface area (Å²) < 4.78 is 9.29. The van der Waals surface area contributed by atoms with Crippen molar-refractivity contribution < 1.29 is 14.6 Å². The molecular formula is C16H19N3O3S. The monoisotopic (exact) mass is 333 g/mol. The molecular weight excluding hydrogens is 314 g/mol. The van der Waals surface area contributed by atoms with Gasteiger partial charge in [0.1, 0.15) is 10.6 Å². The molecule has 1 aromatic heterocycles. The lowest BCUT2D eigenvalue weighted by Gasteiger charge is -2.13. The number of ether oxygens (including phenoxy) is 1. The summed E-state index contributed by atoms with van der Waals surface area (Å²) in [7, 11) is 0. The van der Waals surface area contributed by atoms with Gasteiger partial charge in [0.05, 0.1) is 18.4 Å². The molecule has 1 atom stereocenters. The van der Waals surface area contributed by atoms with Crippen LogP contribution in [0.25, 0.3) is 0 Å². The first kappa shape index (κ1) is 15.9. The van der Waals surface area contributed by atoms with E-state index in [2.05, 4.69) is 14.9 Å². The molecule has 7 heteroatoms. The van der Waals surface area contributed by atoms with Gasteiger partial charge in [0.2, 0.25) is 0 Å².